The second kappa shape index (κ2) is 5.57. The third kappa shape index (κ3) is 3.35. The minimum Gasteiger partial charge on any atom is -0.479 e. The van der Waals surface area contributed by atoms with Gasteiger partial charge in [0, 0.05) is 5.56 Å². The van der Waals surface area contributed by atoms with Gasteiger partial charge in [-0.1, -0.05) is 5.16 Å². The summed E-state index contributed by atoms with van der Waals surface area (Å²) in [7, 11) is 0. The van der Waals surface area contributed by atoms with Gasteiger partial charge in [0.2, 0.25) is 0 Å². The first kappa shape index (κ1) is 13.2. The van der Waals surface area contributed by atoms with Crippen molar-refractivity contribution in [2.24, 2.45) is 0 Å². The molecule has 19 heavy (non-hydrogen) atoms. The monoisotopic (exact) mass is 266 g/mol. The van der Waals surface area contributed by atoms with Crippen molar-refractivity contribution < 1.29 is 23.6 Å². The molecule has 0 saturated carbocycles. The van der Waals surface area contributed by atoms with Gasteiger partial charge in [0.05, 0.1) is 0 Å². The molecule has 1 atom stereocenters. The van der Waals surface area contributed by atoms with Gasteiger partial charge in [-0.15, -0.1) is 0 Å². The number of carboxylic acids is 1. The van der Waals surface area contributed by atoms with Crippen LogP contribution in [0.1, 0.15) is 12.7 Å². The van der Waals surface area contributed by atoms with E-state index < -0.39 is 12.1 Å². The van der Waals surface area contributed by atoms with Crippen LogP contribution in [-0.2, 0) is 16.1 Å². The number of ether oxygens (including phenoxy) is 1. The fourth-order valence-electron chi connectivity index (χ4n) is 1.29. The van der Waals surface area contributed by atoms with E-state index in [1.807, 2.05) is 0 Å². The number of aliphatic carboxylic acids is 1. The molecule has 1 N–H and O–H groups in total. The predicted octanol–water partition coefficient (Wildman–Crippen LogP) is 1.87. The van der Waals surface area contributed by atoms with E-state index in [0.29, 0.717) is 5.56 Å². The maximum atomic E-state index is 12.8. The van der Waals surface area contributed by atoms with Crippen molar-refractivity contribution in [3.05, 3.63) is 35.9 Å². The quantitative estimate of drug-likeness (QED) is 0.889. The molecule has 1 aromatic carbocycles. The average molecular weight is 266 g/mol. The van der Waals surface area contributed by atoms with Crippen molar-refractivity contribution in [1.82, 2.24) is 10.1 Å². The van der Waals surface area contributed by atoms with Crippen molar-refractivity contribution in [3.8, 4) is 11.5 Å². The maximum absolute atomic E-state index is 12.8. The molecule has 0 spiro atoms. The third-order valence-electron chi connectivity index (χ3n) is 2.37. The van der Waals surface area contributed by atoms with E-state index in [1.165, 1.54) is 31.2 Å². The maximum Gasteiger partial charge on any atom is 0.332 e. The van der Waals surface area contributed by atoms with E-state index in [1.54, 1.807) is 0 Å². The molecule has 1 unspecified atom stereocenters. The van der Waals surface area contributed by atoms with Gasteiger partial charge in [-0.25, -0.2) is 9.18 Å². The number of carbonyl (C=O) groups is 1. The van der Waals surface area contributed by atoms with Crippen LogP contribution in [0.2, 0.25) is 0 Å². The zero-order chi connectivity index (χ0) is 13.8. The molecular formula is C12H11FN2O4. The molecule has 0 aliphatic heterocycles. The lowest BCUT2D eigenvalue weighted by atomic mass is 10.2. The molecule has 0 aliphatic carbocycles. The summed E-state index contributed by atoms with van der Waals surface area (Å²) in [6.07, 6.45) is -0.951. The van der Waals surface area contributed by atoms with Crippen LogP contribution in [0.15, 0.2) is 28.8 Å². The molecule has 7 heteroatoms. The Labute approximate surface area is 107 Å². The van der Waals surface area contributed by atoms with Crippen molar-refractivity contribution >= 4 is 5.97 Å². The highest BCUT2D eigenvalue weighted by Crippen LogP contribution is 2.17. The molecule has 100 valence electrons. The van der Waals surface area contributed by atoms with Gasteiger partial charge in [0.25, 0.3) is 5.89 Å². The Balaban J connectivity index is 2.03. The fourth-order valence-corrected chi connectivity index (χ4v) is 1.29. The molecule has 0 aliphatic rings. The van der Waals surface area contributed by atoms with Gasteiger partial charge in [0.1, 0.15) is 12.4 Å². The van der Waals surface area contributed by atoms with E-state index in [0.717, 1.165) is 0 Å². The molecule has 1 aromatic heterocycles. The fraction of sp³-hybridized carbons (Fsp3) is 0.250. The van der Waals surface area contributed by atoms with Crippen LogP contribution in [0.4, 0.5) is 4.39 Å². The van der Waals surface area contributed by atoms with Gasteiger partial charge in [-0.05, 0) is 31.2 Å². The van der Waals surface area contributed by atoms with Crippen LogP contribution in [0, 0.1) is 5.82 Å². The van der Waals surface area contributed by atoms with Crippen LogP contribution in [0.5, 0.6) is 0 Å². The van der Waals surface area contributed by atoms with Gasteiger partial charge >= 0.3 is 5.97 Å². The Bertz CT molecular complexity index is 567. The standard InChI is InChI=1S/C12H11FN2O4/c1-7(12(16)17)18-6-10-14-11(19-15-10)8-2-4-9(13)5-3-8/h2-5,7H,6H2,1H3,(H,16,17). The largest absolute Gasteiger partial charge is 0.479 e. The smallest absolute Gasteiger partial charge is 0.332 e. The average Bonchev–Trinajstić information content (AvgIpc) is 2.85. The Kier molecular flexibility index (Phi) is 3.86. The number of hydrogen-bond acceptors (Lipinski definition) is 5. The molecule has 1 heterocycles. The number of nitrogens with zero attached hydrogens (tertiary/aromatic N) is 2. The van der Waals surface area contributed by atoms with Crippen molar-refractivity contribution in [2.75, 3.05) is 0 Å². The number of carboxylic acid groups (broad SMARTS) is 1. The highest BCUT2D eigenvalue weighted by molar-refractivity contribution is 5.71. The summed E-state index contributed by atoms with van der Waals surface area (Å²) in [5.74, 6) is -0.974. The number of halogens is 1. The summed E-state index contributed by atoms with van der Waals surface area (Å²) in [6, 6.07) is 5.57. The molecule has 6 nitrogen and oxygen atoms in total. The summed E-state index contributed by atoms with van der Waals surface area (Å²) >= 11 is 0. The number of benzene rings is 1. The van der Waals surface area contributed by atoms with E-state index in [4.69, 9.17) is 14.4 Å². The summed E-state index contributed by atoms with van der Waals surface area (Å²) in [6.45, 7) is 1.33. The van der Waals surface area contributed by atoms with Gasteiger partial charge in [0.15, 0.2) is 11.9 Å². The molecule has 0 saturated heterocycles. The summed E-state index contributed by atoms with van der Waals surface area (Å²) in [4.78, 5) is 14.6. The van der Waals surface area contributed by atoms with Gasteiger partial charge in [-0.2, -0.15) is 4.98 Å². The number of hydrogen-bond donors (Lipinski definition) is 1. The topological polar surface area (TPSA) is 85.5 Å². The van der Waals surface area contributed by atoms with Crippen molar-refractivity contribution in [2.45, 2.75) is 19.6 Å². The second-order valence-corrected chi connectivity index (χ2v) is 3.81. The second-order valence-electron chi connectivity index (χ2n) is 3.81. The van der Waals surface area contributed by atoms with E-state index in [2.05, 4.69) is 10.1 Å². The minimum absolute atomic E-state index is 0.0713. The van der Waals surface area contributed by atoms with Crippen molar-refractivity contribution in [1.29, 1.82) is 0 Å². The SMILES string of the molecule is CC(OCc1noc(-c2ccc(F)cc2)n1)C(=O)O. The molecule has 0 bridgehead atoms. The summed E-state index contributed by atoms with van der Waals surface area (Å²) in [5, 5.41) is 12.3. The lowest BCUT2D eigenvalue weighted by molar-refractivity contribution is -0.150. The van der Waals surface area contributed by atoms with Crippen LogP contribution < -0.4 is 0 Å². The zero-order valence-electron chi connectivity index (χ0n) is 10.0. The van der Waals surface area contributed by atoms with Crippen molar-refractivity contribution in [3.63, 3.8) is 0 Å². The highest BCUT2D eigenvalue weighted by atomic mass is 19.1. The Morgan fingerprint density at radius 3 is 2.79 bits per heavy atom. The minimum atomic E-state index is -1.07. The zero-order valence-corrected chi connectivity index (χ0v) is 10.0. The molecule has 2 rings (SSSR count). The Morgan fingerprint density at radius 1 is 1.47 bits per heavy atom. The predicted molar refractivity (Wildman–Crippen MR) is 61.6 cm³/mol. The summed E-state index contributed by atoms with van der Waals surface area (Å²) in [5.41, 5.74) is 0.575. The number of rotatable bonds is 5. The van der Waals surface area contributed by atoms with Crippen LogP contribution in [0.3, 0.4) is 0 Å². The molecule has 0 amide bonds. The Morgan fingerprint density at radius 2 is 2.16 bits per heavy atom. The van der Waals surface area contributed by atoms with E-state index in [9.17, 15) is 9.18 Å². The van der Waals surface area contributed by atoms with Gasteiger partial charge in [-0.3, -0.25) is 0 Å². The van der Waals surface area contributed by atoms with E-state index in [-0.39, 0.29) is 24.1 Å². The third-order valence-corrected chi connectivity index (χ3v) is 2.37. The van der Waals surface area contributed by atoms with Crippen LogP contribution >= 0.6 is 0 Å². The first-order chi connectivity index (χ1) is 9.06. The normalized spacial score (nSPS) is 12.3. The van der Waals surface area contributed by atoms with Gasteiger partial charge < -0.3 is 14.4 Å². The van der Waals surface area contributed by atoms with Crippen LogP contribution in [-0.4, -0.2) is 27.3 Å². The first-order valence-electron chi connectivity index (χ1n) is 5.49. The lowest BCUT2D eigenvalue weighted by Crippen LogP contribution is -2.19. The number of aromatic nitrogens is 2. The molecule has 0 radical (unpaired) electrons. The lowest BCUT2D eigenvalue weighted by Gasteiger charge is -2.04. The summed E-state index contributed by atoms with van der Waals surface area (Å²) < 4.78 is 22.7. The van der Waals surface area contributed by atoms with Crippen LogP contribution in [0.25, 0.3) is 11.5 Å². The first-order valence-corrected chi connectivity index (χ1v) is 5.49. The molecule has 2 aromatic rings. The Hall–Kier alpha value is -2.28. The molecular weight excluding hydrogens is 255 g/mol. The van der Waals surface area contributed by atoms with E-state index >= 15 is 0 Å². The highest BCUT2D eigenvalue weighted by Gasteiger charge is 2.14. The molecule has 0 fully saturated rings.